The molecular formula is C13H18O5. The van der Waals surface area contributed by atoms with Crippen LogP contribution in [0.3, 0.4) is 0 Å². The van der Waals surface area contributed by atoms with Gasteiger partial charge < -0.3 is 19.7 Å². The first-order chi connectivity index (χ1) is 8.49. The molecule has 5 nitrogen and oxygen atoms in total. The van der Waals surface area contributed by atoms with E-state index in [0.717, 1.165) is 5.56 Å². The number of hydrogen-bond donors (Lipinski definition) is 2. The first kappa shape index (κ1) is 14.5. The zero-order valence-corrected chi connectivity index (χ0v) is 10.7. The fourth-order valence-corrected chi connectivity index (χ4v) is 1.68. The summed E-state index contributed by atoms with van der Waals surface area (Å²) in [6, 6.07) is 5.11. The fourth-order valence-electron chi connectivity index (χ4n) is 1.68. The average molecular weight is 254 g/mol. The number of esters is 1. The third-order valence-electron chi connectivity index (χ3n) is 2.76. The number of ether oxygens (including phenoxy) is 2. The van der Waals surface area contributed by atoms with E-state index in [2.05, 4.69) is 4.74 Å². The quantitative estimate of drug-likeness (QED) is 0.765. The summed E-state index contributed by atoms with van der Waals surface area (Å²) in [5, 5.41) is 19.7. The number of carbonyl (C=O) groups is 1. The summed E-state index contributed by atoms with van der Waals surface area (Å²) in [6.45, 7) is 1.80. The van der Waals surface area contributed by atoms with Crippen LogP contribution < -0.4 is 4.74 Å². The lowest BCUT2D eigenvalue weighted by molar-refractivity contribution is -0.144. The molecule has 0 bridgehead atoms. The molecule has 0 amide bonds. The van der Waals surface area contributed by atoms with Crippen LogP contribution in [0.15, 0.2) is 18.2 Å². The highest BCUT2D eigenvalue weighted by molar-refractivity contribution is 5.69. The van der Waals surface area contributed by atoms with Crippen molar-refractivity contribution in [3.05, 3.63) is 29.3 Å². The van der Waals surface area contributed by atoms with Crippen LogP contribution in [0.5, 0.6) is 5.75 Å². The van der Waals surface area contributed by atoms with Crippen molar-refractivity contribution in [3.63, 3.8) is 0 Å². The number of aryl methyl sites for hydroxylation is 1. The van der Waals surface area contributed by atoms with Crippen LogP contribution >= 0.6 is 0 Å². The molecule has 0 heterocycles. The maximum atomic E-state index is 11.0. The smallest absolute Gasteiger partial charge is 0.308 e. The molecule has 1 aromatic carbocycles. The van der Waals surface area contributed by atoms with Crippen molar-refractivity contribution in [2.24, 2.45) is 0 Å². The van der Waals surface area contributed by atoms with E-state index >= 15 is 0 Å². The highest BCUT2D eigenvalue weighted by atomic mass is 16.5. The van der Waals surface area contributed by atoms with Gasteiger partial charge >= 0.3 is 5.97 Å². The minimum absolute atomic E-state index is 0.247. The van der Waals surface area contributed by atoms with E-state index in [1.165, 1.54) is 7.11 Å². The monoisotopic (exact) mass is 254 g/mol. The lowest BCUT2D eigenvalue weighted by Gasteiger charge is -2.19. The van der Waals surface area contributed by atoms with Gasteiger partial charge in [0.2, 0.25) is 0 Å². The first-order valence-corrected chi connectivity index (χ1v) is 5.57. The van der Waals surface area contributed by atoms with Gasteiger partial charge in [-0.1, -0.05) is 6.07 Å². The van der Waals surface area contributed by atoms with E-state index in [9.17, 15) is 15.0 Å². The van der Waals surface area contributed by atoms with Crippen LogP contribution in [0.4, 0.5) is 0 Å². The van der Waals surface area contributed by atoms with Crippen LogP contribution in [0, 0.1) is 6.92 Å². The number of benzene rings is 1. The number of rotatable bonds is 5. The highest BCUT2D eigenvalue weighted by Crippen LogP contribution is 2.25. The molecule has 0 aliphatic rings. The van der Waals surface area contributed by atoms with E-state index < -0.39 is 18.2 Å². The summed E-state index contributed by atoms with van der Waals surface area (Å²) < 4.78 is 9.50. The van der Waals surface area contributed by atoms with Gasteiger partial charge in [0, 0.05) is 0 Å². The third kappa shape index (κ3) is 3.45. The molecule has 0 spiro atoms. The summed E-state index contributed by atoms with van der Waals surface area (Å²) >= 11 is 0. The van der Waals surface area contributed by atoms with E-state index in [-0.39, 0.29) is 6.42 Å². The molecule has 0 radical (unpaired) electrons. The van der Waals surface area contributed by atoms with E-state index in [1.54, 1.807) is 32.2 Å². The molecule has 2 atom stereocenters. The molecule has 18 heavy (non-hydrogen) atoms. The average Bonchev–Trinajstić information content (AvgIpc) is 2.37. The molecule has 0 saturated carbocycles. The first-order valence-electron chi connectivity index (χ1n) is 5.57. The van der Waals surface area contributed by atoms with Crippen molar-refractivity contribution < 1.29 is 24.5 Å². The Bertz CT molecular complexity index is 416. The Morgan fingerprint density at radius 1 is 1.33 bits per heavy atom. The second-order valence-electron chi connectivity index (χ2n) is 4.01. The predicted molar refractivity (Wildman–Crippen MR) is 65.3 cm³/mol. The van der Waals surface area contributed by atoms with Crippen LogP contribution in [-0.4, -0.2) is 36.5 Å². The van der Waals surface area contributed by atoms with Gasteiger partial charge in [-0.15, -0.1) is 0 Å². The van der Waals surface area contributed by atoms with Gasteiger partial charge in [-0.05, 0) is 30.2 Å². The van der Waals surface area contributed by atoms with Crippen LogP contribution in [0.25, 0.3) is 0 Å². The van der Waals surface area contributed by atoms with Crippen molar-refractivity contribution >= 4 is 5.97 Å². The standard InChI is InChI=1S/C13H18O5/c1-8-6-9(17-2)4-5-10(8)13(16)11(14)7-12(15)18-3/h4-6,11,13-14,16H,7H2,1-3H3. The SMILES string of the molecule is COC(=O)CC(O)C(O)c1ccc(OC)cc1C. The Morgan fingerprint density at radius 2 is 2.00 bits per heavy atom. The van der Waals surface area contributed by atoms with Gasteiger partial charge in [0.25, 0.3) is 0 Å². The normalized spacial score (nSPS) is 13.8. The molecule has 0 aromatic heterocycles. The molecule has 100 valence electrons. The minimum atomic E-state index is -1.19. The zero-order valence-electron chi connectivity index (χ0n) is 10.7. The predicted octanol–water partition coefficient (Wildman–Crippen LogP) is 0.961. The molecule has 2 N–H and O–H groups in total. The Morgan fingerprint density at radius 3 is 2.50 bits per heavy atom. The number of aliphatic hydroxyl groups is 2. The molecule has 0 fully saturated rings. The lowest BCUT2D eigenvalue weighted by Crippen LogP contribution is -2.23. The van der Waals surface area contributed by atoms with Gasteiger partial charge in [-0.3, -0.25) is 4.79 Å². The summed E-state index contributed by atoms with van der Waals surface area (Å²) in [6.07, 6.45) is -2.57. The maximum absolute atomic E-state index is 11.0. The van der Waals surface area contributed by atoms with Gasteiger partial charge in [0.05, 0.1) is 26.7 Å². The second kappa shape index (κ2) is 6.37. The molecule has 1 rings (SSSR count). The summed E-state index contributed by atoms with van der Waals surface area (Å²) in [5.41, 5.74) is 1.35. The molecular weight excluding hydrogens is 236 g/mol. The highest BCUT2D eigenvalue weighted by Gasteiger charge is 2.23. The van der Waals surface area contributed by atoms with E-state index in [4.69, 9.17) is 4.74 Å². The molecule has 0 saturated heterocycles. The molecule has 2 unspecified atom stereocenters. The molecule has 1 aromatic rings. The summed E-state index contributed by atoms with van der Waals surface area (Å²) in [5.74, 6) is 0.110. The Hall–Kier alpha value is -1.59. The Balaban J connectivity index is 2.83. The van der Waals surface area contributed by atoms with Crippen molar-refractivity contribution in [1.82, 2.24) is 0 Å². The third-order valence-corrected chi connectivity index (χ3v) is 2.76. The van der Waals surface area contributed by atoms with Gasteiger partial charge in [-0.2, -0.15) is 0 Å². The molecule has 0 aliphatic heterocycles. The van der Waals surface area contributed by atoms with Gasteiger partial charge in [0.1, 0.15) is 11.9 Å². The largest absolute Gasteiger partial charge is 0.497 e. The fraction of sp³-hybridized carbons (Fsp3) is 0.462. The second-order valence-corrected chi connectivity index (χ2v) is 4.01. The van der Waals surface area contributed by atoms with E-state index in [1.807, 2.05) is 0 Å². The van der Waals surface area contributed by atoms with Crippen LogP contribution in [0.2, 0.25) is 0 Å². The van der Waals surface area contributed by atoms with Crippen molar-refractivity contribution in [2.45, 2.75) is 25.6 Å². The summed E-state index contributed by atoms with van der Waals surface area (Å²) in [7, 11) is 2.79. The minimum Gasteiger partial charge on any atom is -0.497 e. The van der Waals surface area contributed by atoms with Crippen LogP contribution in [-0.2, 0) is 9.53 Å². The molecule has 0 aliphatic carbocycles. The number of carbonyl (C=O) groups excluding carboxylic acids is 1. The molecule has 5 heteroatoms. The van der Waals surface area contributed by atoms with Crippen molar-refractivity contribution in [3.8, 4) is 5.75 Å². The Labute approximate surface area is 106 Å². The topological polar surface area (TPSA) is 76.0 Å². The van der Waals surface area contributed by atoms with Crippen molar-refractivity contribution in [1.29, 1.82) is 0 Å². The number of aliphatic hydroxyl groups excluding tert-OH is 2. The van der Waals surface area contributed by atoms with Gasteiger partial charge in [-0.25, -0.2) is 0 Å². The number of methoxy groups -OCH3 is 2. The van der Waals surface area contributed by atoms with E-state index in [0.29, 0.717) is 11.3 Å². The zero-order chi connectivity index (χ0) is 13.7. The summed E-state index contributed by atoms with van der Waals surface area (Å²) in [4.78, 5) is 11.0. The van der Waals surface area contributed by atoms with Crippen LogP contribution in [0.1, 0.15) is 23.7 Å². The van der Waals surface area contributed by atoms with Gasteiger partial charge in [0.15, 0.2) is 0 Å². The maximum Gasteiger partial charge on any atom is 0.308 e. The number of hydrogen-bond acceptors (Lipinski definition) is 5. The Kier molecular flexibility index (Phi) is 5.12. The van der Waals surface area contributed by atoms with Crippen molar-refractivity contribution in [2.75, 3.05) is 14.2 Å². The lowest BCUT2D eigenvalue weighted by atomic mass is 9.97.